The highest BCUT2D eigenvalue weighted by Crippen LogP contribution is 1.13. The van der Waals surface area contributed by atoms with Crippen LogP contribution in [0, 0.1) is 11.3 Å². The van der Waals surface area contributed by atoms with Crippen LogP contribution < -0.4 is 4.66 Å². The molecule has 0 atom stereocenters. The van der Waals surface area contributed by atoms with Gasteiger partial charge in [0.05, 0.1) is 0 Å². The van der Waals surface area contributed by atoms with Crippen molar-refractivity contribution in [2.45, 2.75) is 0 Å². The van der Waals surface area contributed by atoms with E-state index in [-0.39, 0.29) is 11.3 Å². The average Bonchev–Trinajstić information content (AvgIpc) is 1.46. The summed E-state index contributed by atoms with van der Waals surface area (Å²) < 4.78 is 15.2. The molecule has 0 aromatic carbocycles. The Kier molecular flexibility index (Phi) is 56.6. The van der Waals surface area contributed by atoms with Crippen molar-refractivity contribution in [3.8, 4) is 0 Å². The van der Waals surface area contributed by atoms with Crippen LogP contribution in [0.3, 0.4) is 0 Å². The Balaban J connectivity index is 0. The average molecular weight is 102 g/mol. The molecule has 4 nitrogen and oxygen atoms in total. The van der Waals surface area contributed by atoms with Gasteiger partial charge in [0.25, 0.3) is 0 Å². The summed E-state index contributed by atoms with van der Waals surface area (Å²) in [7, 11) is 0. The molecule has 0 saturated heterocycles. The summed E-state index contributed by atoms with van der Waals surface area (Å²) in [5.74, 6) is 0. The third kappa shape index (κ3) is 1110. The van der Waals surface area contributed by atoms with E-state index in [1.54, 1.807) is 0 Å². The monoisotopic (exact) mass is 102 g/mol. The SMILES string of the molecule is OO.[O-][Cl+]O. The lowest BCUT2D eigenvalue weighted by atomic mass is 15.0. The topological polar surface area (TPSA) is 83.8 Å². The molecular formula is H3ClO4. The quantitative estimate of drug-likeness (QED) is 0.251. The lowest BCUT2D eigenvalue weighted by molar-refractivity contribution is -1.27. The van der Waals surface area contributed by atoms with Gasteiger partial charge >= 0.3 is 11.3 Å². The number of halogens is 1. The first-order valence-electron chi connectivity index (χ1n) is 0.523. The van der Waals surface area contributed by atoms with Crippen molar-refractivity contribution in [3.05, 3.63) is 0 Å². The number of hydrogen-bond acceptors (Lipinski definition) is 4. The summed E-state index contributed by atoms with van der Waals surface area (Å²) in [6.45, 7) is 0. The zero-order valence-electron chi connectivity index (χ0n) is 2.13. The predicted molar refractivity (Wildman–Crippen MR) is 7.48 cm³/mol. The lowest BCUT2D eigenvalue weighted by Crippen LogP contribution is -1.94. The highest BCUT2D eigenvalue weighted by atomic mass is 35.6. The third-order valence-corrected chi connectivity index (χ3v) is 0. The Morgan fingerprint density at radius 3 is 1.40 bits per heavy atom. The summed E-state index contributed by atoms with van der Waals surface area (Å²) in [4.78, 5) is 0. The zero-order chi connectivity index (χ0) is 4.71. The van der Waals surface area contributed by atoms with Gasteiger partial charge in [-0.25, -0.2) is 0 Å². The minimum atomic E-state index is -0.167. The van der Waals surface area contributed by atoms with Gasteiger partial charge in [-0.05, 0) is 0 Å². The highest BCUT2D eigenvalue weighted by molar-refractivity contribution is 1.82. The van der Waals surface area contributed by atoms with Crippen LogP contribution in [-0.4, -0.2) is 15.2 Å². The molecule has 0 heterocycles. The molecule has 0 aromatic heterocycles. The van der Waals surface area contributed by atoms with Crippen LogP contribution in [0.25, 0.3) is 0 Å². The van der Waals surface area contributed by atoms with Crippen molar-refractivity contribution < 1.29 is 31.2 Å². The molecule has 0 spiro atoms. The molecule has 0 radical (unpaired) electrons. The van der Waals surface area contributed by atoms with Gasteiger partial charge in [0.15, 0.2) is 0 Å². The maximum atomic E-state index is 8.35. The molecule has 0 aromatic rings. The second kappa shape index (κ2) is 31.7. The summed E-state index contributed by atoms with van der Waals surface area (Å²) in [6, 6.07) is 0. The first-order chi connectivity index (χ1) is 2.41. The Bertz CT molecular complexity index is 3.61. The predicted octanol–water partition coefficient (Wildman–Crippen LogP) is -1.73. The van der Waals surface area contributed by atoms with E-state index in [1.807, 2.05) is 0 Å². The second-order valence-electron chi connectivity index (χ2n) is 0.0690. The lowest BCUT2D eigenvalue weighted by Gasteiger charge is -1.46. The minimum Gasteiger partial charge on any atom is -0.506 e. The molecule has 34 valence electrons. The Morgan fingerprint density at radius 2 is 1.40 bits per heavy atom. The molecule has 5 heavy (non-hydrogen) atoms. The Hall–Kier alpha value is 0.130. The molecule has 0 unspecified atom stereocenters. The van der Waals surface area contributed by atoms with Gasteiger partial charge in [0.2, 0.25) is 0 Å². The zero-order valence-corrected chi connectivity index (χ0v) is 2.88. The minimum absolute atomic E-state index is 0.167. The van der Waals surface area contributed by atoms with Gasteiger partial charge in [0.1, 0.15) is 0 Å². The summed E-state index contributed by atoms with van der Waals surface area (Å²) in [6.07, 6.45) is 0. The first-order valence-corrected chi connectivity index (χ1v) is 1.17. The van der Waals surface area contributed by atoms with Gasteiger partial charge < -0.3 is 4.66 Å². The molecule has 0 rings (SSSR count). The van der Waals surface area contributed by atoms with Crippen LogP contribution in [0.2, 0.25) is 0 Å². The van der Waals surface area contributed by atoms with Crippen LogP contribution in [0.4, 0.5) is 0 Å². The third-order valence-electron chi connectivity index (χ3n) is 0. The second-order valence-corrected chi connectivity index (χ2v) is 0.207. The van der Waals surface area contributed by atoms with E-state index < -0.39 is 0 Å². The van der Waals surface area contributed by atoms with E-state index in [0.717, 1.165) is 0 Å². The number of rotatable bonds is 0. The van der Waals surface area contributed by atoms with Gasteiger partial charge in [-0.15, -0.1) is 4.66 Å². The van der Waals surface area contributed by atoms with Crippen molar-refractivity contribution in [2.75, 3.05) is 0 Å². The van der Waals surface area contributed by atoms with Gasteiger partial charge in [-0.1, -0.05) is 0 Å². The molecule has 0 amide bonds. The van der Waals surface area contributed by atoms with E-state index in [0.29, 0.717) is 0 Å². The molecule has 0 aliphatic heterocycles. The Labute approximate surface area is 32.3 Å². The molecular weight excluding hydrogens is 99.4 g/mol. The van der Waals surface area contributed by atoms with Crippen LogP contribution >= 0.6 is 0 Å². The number of hydrogen-bond donors (Lipinski definition) is 3. The van der Waals surface area contributed by atoms with Crippen molar-refractivity contribution in [1.82, 2.24) is 0 Å². The van der Waals surface area contributed by atoms with Gasteiger partial charge in [0, 0.05) is 0 Å². The van der Waals surface area contributed by atoms with Gasteiger partial charge in [-0.3, -0.25) is 10.5 Å². The fourth-order valence-electron chi connectivity index (χ4n) is 0. The van der Waals surface area contributed by atoms with E-state index in [4.69, 9.17) is 19.8 Å². The summed E-state index contributed by atoms with van der Waals surface area (Å²) in [5, 5.41) is 12.0. The van der Waals surface area contributed by atoms with Crippen LogP contribution in [-0.2, 0) is 0 Å². The molecule has 5 heteroatoms. The van der Waals surface area contributed by atoms with Crippen LogP contribution in [0.5, 0.6) is 0 Å². The van der Waals surface area contributed by atoms with Gasteiger partial charge in [-0.2, -0.15) is 0 Å². The maximum absolute atomic E-state index is 8.35. The van der Waals surface area contributed by atoms with E-state index >= 15 is 0 Å². The van der Waals surface area contributed by atoms with Crippen molar-refractivity contribution >= 4 is 0 Å². The Morgan fingerprint density at radius 1 is 1.40 bits per heavy atom. The molecule has 3 N–H and O–H groups in total. The molecule has 0 aliphatic rings. The fraction of sp³-hybridized carbons (Fsp3) is 0. The smallest absolute Gasteiger partial charge is 0.327 e. The van der Waals surface area contributed by atoms with Crippen molar-refractivity contribution in [3.63, 3.8) is 0 Å². The van der Waals surface area contributed by atoms with E-state index in [9.17, 15) is 0 Å². The summed E-state index contributed by atoms with van der Waals surface area (Å²) in [5.41, 5.74) is 0. The van der Waals surface area contributed by atoms with Crippen molar-refractivity contribution in [2.24, 2.45) is 0 Å². The van der Waals surface area contributed by atoms with Crippen molar-refractivity contribution in [1.29, 1.82) is 0 Å². The van der Waals surface area contributed by atoms with E-state index in [2.05, 4.69) is 0 Å². The van der Waals surface area contributed by atoms with E-state index in [1.165, 1.54) is 0 Å². The molecule has 0 saturated carbocycles. The fourth-order valence-corrected chi connectivity index (χ4v) is 0. The molecule has 0 fully saturated rings. The standard InChI is InChI=1S/ClHO2.H2O2/c2-1-3;1-2/h2H;1-2H. The normalized spacial score (nSPS) is 4.80. The molecule has 0 aliphatic carbocycles. The molecule has 0 bridgehead atoms. The van der Waals surface area contributed by atoms with Crippen LogP contribution in [0.15, 0.2) is 0 Å². The largest absolute Gasteiger partial charge is 0.506 e. The highest BCUT2D eigenvalue weighted by Gasteiger charge is 1.47. The van der Waals surface area contributed by atoms with Crippen LogP contribution in [0.1, 0.15) is 0 Å². The summed E-state index contributed by atoms with van der Waals surface area (Å²) >= 11 is -0.167. The first kappa shape index (κ1) is 8.93. The maximum Gasteiger partial charge on any atom is 0.327 e.